The van der Waals surface area contributed by atoms with E-state index in [0.29, 0.717) is 12.1 Å². The molecule has 1 aliphatic rings. The first kappa shape index (κ1) is 14.2. The normalized spacial score (nSPS) is 18.8. The third-order valence-corrected chi connectivity index (χ3v) is 3.29. The molecule has 5 nitrogen and oxygen atoms in total. The standard InChI is InChI=1S/C14H14FNO4/c1-20-14(19)11-6-7-16(8-12(11)17)13(18)9-2-4-10(15)5-3-9/h2-5,11H,6-8H2,1H3. The number of amides is 1. The van der Waals surface area contributed by atoms with Crippen LogP contribution in [0.5, 0.6) is 0 Å². The van der Waals surface area contributed by atoms with Gasteiger partial charge >= 0.3 is 5.97 Å². The van der Waals surface area contributed by atoms with Gasteiger partial charge in [0, 0.05) is 12.1 Å². The molecule has 106 valence electrons. The lowest BCUT2D eigenvalue weighted by Crippen LogP contribution is -2.46. The van der Waals surface area contributed by atoms with Crippen molar-refractivity contribution in [1.82, 2.24) is 4.90 Å². The summed E-state index contributed by atoms with van der Waals surface area (Å²) < 4.78 is 17.4. The molecule has 1 amide bonds. The zero-order valence-corrected chi connectivity index (χ0v) is 11.0. The largest absolute Gasteiger partial charge is 0.468 e. The van der Waals surface area contributed by atoms with Gasteiger partial charge in [-0.1, -0.05) is 0 Å². The number of esters is 1. The van der Waals surface area contributed by atoms with E-state index in [1.54, 1.807) is 0 Å². The number of carbonyl (C=O) groups excluding carboxylic acids is 3. The van der Waals surface area contributed by atoms with Crippen molar-refractivity contribution in [2.24, 2.45) is 5.92 Å². The molecular weight excluding hydrogens is 265 g/mol. The number of hydrogen-bond donors (Lipinski definition) is 0. The maximum Gasteiger partial charge on any atom is 0.316 e. The van der Waals surface area contributed by atoms with Crippen LogP contribution in [0, 0.1) is 11.7 Å². The van der Waals surface area contributed by atoms with Crippen LogP contribution in [0.2, 0.25) is 0 Å². The van der Waals surface area contributed by atoms with Crippen LogP contribution in [-0.2, 0) is 14.3 Å². The summed E-state index contributed by atoms with van der Waals surface area (Å²) in [5, 5.41) is 0. The molecule has 0 bridgehead atoms. The third-order valence-electron chi connectivity index (χ3n) is 3.29. The van der Waals surface area contributed by atoms with Gasteiger partial charge in [0.1, 0.15) is 11.7 Å². The number of ether oxygens (including phenoxy) is 1. The zero-order chi connectivity index (χ0) is 14.7. The highest BCUT2D eigenvalue weighted by atomic mass is 19.1. The summed E-state index contributed by atoms with van der Waals surface area (Å²) in [5.41, 5.74) is 0.315. The highest BCUT2D eigenvalue weighted by molar-refractivity contribution is 6.03. The van der Waals surface area contributed by atoms with E-state index in [0.717, 1.165) is 0 Å². The Morgan fingerprint density at radius 1 is 1.30 bits per heavy atom. The van der Waals surface area contributed by atoms with Crippen molar-refractivity contribution >= 4 is 17.7 Å². The van der Waals surface area contributed by atoms with Gasteiger partial charge in [-0.15, -0.1) is 0 Å². The van der Waals surface area contributed by atoms with Gasteiger partial charge in [0.25, 0.3) is 5.91 Å². The predicted molar refractivity (Wildman–Crippen MR) is 67.4 cm³/mol. The van der Waals surface area contributed by atoms with Crippen molar-refractivity contribution in [3.63, 3.8) is 0 Å². The van der Waals surface area contributed by atoms with E-state index < -0.39 is 17.7 Å². The van der Waals surface area contributed by atoms with E-state index in [4.69, 9.17) is 0 Å². The Morgan fingerprint density at radius 3 is 2.50 bits per heavy atom. The summed E-state index contributed by atoms with van der Waals surface area (Å²) in [6.45, 7) is 0.164. The molecule has 6 heteroatoms. The molecule has 1 aliphatic heterocycles. The Morgan fingerprint density at radius 2 is 1.95 bits per heavy atom. The second-order valence-electron chi connectivity index (χ2n) is 4.56. The summed E-state index contributed by atoms with van der Waals surface area (Å²) in [6, 6.07) is 5.12. The number of carbonyl (C=O) groups is 3. The minimum absolute atomic E-state index is 0.129. The first-order chi connectivity index (χ1) is 9.52. The SMILES string of the molecule is COC(=O)C1CCN(C(=O)c2ccc(F)cc2)CC1=O. The van der Waals surface area contributed by atoms with E-state index in [2.05, 4.69) is 4.74 Å². The number of Topliss-reactive ketones (excluding diaryl/α,β-unsaturated/α-hetero) is 1. The van der Waals surface area contributed by atoms with Gasteiger partial charge in [-0.25, -0.2) is 4.39 Å². The highest BCUT2D eigenvalue weighted by Gasteiger charge is 2.35. The minimum Gasteiger partial charge on any atom is -0.468 e. The molecule has 0 saturated carbocycles. The monoisotopic (exact) mass is 279 g/mol. The molecule has 2 rings (SSSR count). The van der Waals surface area contributed by atoms with Gasteiger partial charge in [-0.3, -0.25) is 14.4 Å². The lowest BCUT2D eigenvalue weighted by Gasteiger charge is -2.29. The van der Waals surface area contributed by atoms with Crippen LogP contribution in [-0.4, -0.2) is 42.8 Å². The van der Waals surface area contributed by atoms with E-state index in [9.17, 15) is 18.8 Å². The quantitative estimate of drug-likeness (QED) is 0.599. The van der Waals surface area contributed by atoms with Gasteiger partial charge in [0.05, 0.1) is 13.7 Å². The summed E-state index contributed by atoms with van der Waals surface area (Å²) >= 11 is 0. The summed E-state index contributed by atoms with van der Waals surface area (Å²) in [5.74, 6) is -2.47. The van der Waals surface area contributed by atoms with Gasteiger partial charge in [0.2, 0.25) is 0 Å². The Bertz CT molecular complexity index is 541. The second-order valence-corrected chi connectivity index (χ2v) is 4.56. The van der Waals surface area contributed by atoms with Crippen LogP contribution in [0.4, 0.5) is 4.39 Å². The fraction of sp³-hybridized carbons (Fsp3) is 0.357. The number of piperidine rings is 1. The van der Waals surface area contributed by atoms with Crippen molar-refractivity contribution in [3.05, 3.63) is 35.6 Å². The second kappa shape index (κ2) is 5.81. The molecule has 1 aromatic rings. The average molecular weight is 279 g/mol. The Kier molecular flexibility index (Phi) is 4.12. The van der Waals surface area contributed by atoms with E-state index in [1.165, 1.54) is 36.3 Å². The molecule has 20 heavy (non-hydrogen) atoms. The van der Waals surface area contributed by atoms with E-state index in [-0.39, 0.29) is 24.7 Å². The number of ketones is 1. The molecule has 0 spiro atoms. The van der Waals surface area contributed by atoms with Crippen LogP contribution in [0.1, 0.15) is 16.8 Å². The minimum atomic E-state index is -0.794. The van der Waals surface area contributed by atoms with Gasteiger partial charge in [-0.2, -0.15) is 0 Å². The molecule has 0 radical (unpaired) electrons. The third kappa shape index (κ3) is 2.84. The van der Waals surface area contributed by atoms with Crippen LogP contribution < -0.4 is 0 Å². The number of halogens is 1. The summed E-state index contributed by atoms with van der Waals surface area (Å²) in [6.07, 6.45) is 0.248. The van der Waals surface area contributed by atoms with Crippen LogP contribution in [0.3, 0.4) is 0 Å². The number of likely N-dealkylation sites (tertiary alicyclic amines) is 1. The van der Waals surface area contributed by atoms with Crippen molar-refractivity contribution < 1.29 is 23.5 Å². The highest BCUT2D eigenvalue weighted by Crippen LogP contribution is 2.17. The Balaban J connectivity index is 2.05. The van der Waals surface area contributed by atoms with Gasteiger partial charge in [0.15, 0.2) is 5.78 Å². The number of rotatable bonds is 2. The van der Waals surface area contributed by atoms with E-state index in [1.807, 2.05) is 0 Å². The van der Waals surface area contributed by atoms with Gasteiger partial charge < -0.3 is 9.64 Å². The van der Waals surface area contributed by atoms with Crippen LogP contribution in [0.15, 0.2) is 24.3 Å². The molecule has 1 fully saturated rings. The molecule has 1 aromatic carbocycles. The number of nitrogens with zero attached hydrogens (tertiary/aromatic N) is 1. The van der Waals surface area contributed by atoms with Crippen molar-refractivity contribution in [2.75, 3.05) is 20.2 Å². The lowest BCUT2D eigenvalue weighted by molar-refractivity contribution is -0.151. The molecule has 1 saturated heterocycles. The molecule has 0 N–H and O–H groups in total. The molecule has 0 aliphatic carbocycles. The molecule has 1 heterocycles. The van der Waals surface area contributed by atoms with E-state index >= 15 is 0 Å². The van der Waals surface area contributed by atoms with Crippen LogP contribution >= 0.6 is 0 Å². The Hall–Kier alpha value is -2.24. The summed E-state index contributed by atoms with van der Waals surface area (Å²) in [7, 11) is 1.23. The Labute approximate surface area is 115 Å². The summed E-state index contributed by atoms with van der Waals surface area (Å²) in [4.78, 5) is 36.7. The molecular formula is C14H14FNO4. The van der Waals surface area contributed by atoms with Crippen LogP contribution in [0.25, 0.3) is 0 Å². The van der Waals surface area contributed by atoms with Crippen molar-refractivity contribution in [2.45, 2.75) is 6.42 Å². The average Bonchev–Trinajstić information content (AvgIpc) is 2.46. The first-order valence-corrected chi connectivity index (χ1v) is 6.18. The lowest BCUT2D eigenvalue weighted by atomic mass is 9.95. The first-order valence-electron chi connectivity index (χ1n) is 6.18. The number of methoxy groups -OCH3 is 1. The van der Waals surface area contributed by atoms with Crippen molar-refractivity contribution in [3.8, 4) is 0 Å². The topological polar surface area (TPSA) is 63.7 Å². The smallest absolute Gasteiger partial charge is 0.316 e. The maximum atomic E-state index is 12.8. The number of benzene rings is 1. The molecule has 1 unspecified atom stereocenters. The molecule has 0 aromatic heterocycles. The van der Waals surface area contributed by atoms with Gasteiger partial charge in [-0.05, 0) is 30.7 Å². The predicted octanol–water partition coefficient (Wildman–Crippen LogP) is 1.03. The zero-order valence-electron chi connectivity index (χ0n) is 11.0. The fourth-order valence-electron chi connectivity index (χ4n) is 2.16. The molecule has 1 atom stereocenters. The number of hydrogen-bond acceptors (Lipinski definition) is 4. The van der Waals surface area contributed by atoms with Crippen molar-refractivity contribution in [1.29, 1.82) is 0 Å². The fourth-order valence-corrected chi connectivity index (χ4v) is 2.16. The maximum absolute atomic E-state index is 12.8.